The van der Waals surface area contributed by atoms with Crippen molar-refractivity contribution in [2.45, 2.75) is 19.3 Å². The van der Waals surface area contributed by atoms with Crippen molar-refractivity contribution < 1.29 is 0 Å². The summed E-state index contributed by atoms with van der Waals surface area (Å²) in [6.07, 6.45) is 0. The molecule has 196 valence electrons. The van der Waals surface area contributed by atoms with E-state index in [-0.39, 0.29) is 5.41 Å². The lowest BCUT2D eigenvalue weighted by molar-refractivity contribution is 0.660. The maximum atomic E-state index is 5.15. The van der Waals surface area contributed by atoms with Gasteiger partial charge in [-0.15, -0.1) is 11.3 Å². The summed E-state index contributed by atoms with van der Waals surface area (Å²) in [5.41, 5.74) is 11.0. The Morgan fingerprint density at radius 3 is 2.07 bits per heavy atom. The topological polar surface area (TPSA) is 16.1 Å². The zero-order chi connectivity index (χ0) is 27.6. The monoisotopic (exact) mass is 544 g/mol. The van der Waals surface area contributed by atoms with Crippen LogP contribution in [0, 0.1) is 0 Å². The molecule has 41 heavy (non-hydrogen) atoms. The van der Waals surface area contributed by atoms with Gasteiger partial charge in [-0.25, -0.2) is 4.98 Å². The van der Waals surface area contributed by atoms with Gasteiger partial charge in [0.2, 0.25) is 0 Å². The average Bonchev–Trinajstić information content (AvgIpc) is 3.56. The number of anilines is 3. The predicted molar refractivity (Wildman–Crippen MR) is 175 cm³/mol. The molecule has 6 aromatic carbocycles. The Bertz CT molecular complexity index is 2070. The van der Waals surface area contributed by atoms with E-state index in [1.807, 2.05) is 0 Å². The van der Waals surface area contributed by atoms with Crippen molar-refractivity contribution in [2.24, 2.45) is 0 Å². The molecule has 0 spiro atoms. The highest BCUT2D eigenvalue weighted by molar-refractivity contribution is 7.21. The van der Waals surface area contributed by atoms with Gasteiger partial charge in [0, 0.05) is 33.4 Å². The third-order valence-corrected chi connectivity index (χ3v) is 9.55. The van der Waals surface area contributed by atoms with Crippen molar-refractivity contribution in [3.8, 4) is 21.7 Å². The Morgan fingerprint density at radius 1 is 0.585 bits per heavy atom. The first-order chi connectivity index (χ1) is 20.1. The Morgan fingerprint density at radius 2 is 1.24 bits per heavy atom. The number of fused-ring (bicyclic) bond motifs is 6. The normalized spacial score (nSPS) is 13.3. The number of nitrogens with zero attached hydrogens (tertiary/aromatic N) is 2. The summed E-state index contributed by atoms with van der Waals surface area (Å²) in [7, 11) is 0. The van der Waals surface area contributed by atoms with Crippen LogP contribution in [0.3, 0.4) is 0 Å². The molecule has 1 heterocycles. The predicted octanol–water partition coefficient (Wildman–Crippen LogP) is 10.9. The van der Waals surface area contributed by atoms with Crippen LogP contribution in [0.25, 0.3) is 42.7 Å². The zero-order valence-electron chi connectivity index (χ0n) is 23.0. The minimum Gasteiger partial charge on any atom is -0.310 e. The highest BCUT2D eigenvalue weighted by Gasteiger charge is 2.35. The smallest absolute Gasteiger partial charge is 0.124 e. The van der Waals surface area contributed by atoms with E-state index >= 15 is 0 Å². The number of thiazole rings is 1. The van der Waals surface area contributed by atoms with Crippen LogP contribution in [-0.2, 0) is 5.41 Å². The van der Waals surface area contributed by atoms with Gasteiger partial charge < -0.3 is 4.90 Å². The minimum atomic E-state index is -0.0612. The highest BCUT2D eigenvalue weighted by atomic mass is 32.1. The van der Waals surface area contributed by atoms with Crippen molar-refractivity contribution in [1.29, 1.82) is 0 Å². The molecule has 0 fully saturated rings. The van der Waals surface area contributed by atoms with Gasteiger partial charge in [0.1, 0.15) is 5.01 Å². The van der Waals surface area contributed by atoms with E-state index < -0.39 is 0 Å². The summed E-state index contributed by atoms with van der Waals surface area (Å²) < 4.78 is 1.21. The molecule has 8 rings (SSSR count). The van der Waals surface area contributed by atoms with Crippen LogP contribution >= 0.6 is 11.3 Å². The maximum Gasteiger partial charge on any atom is 0.124 e. The lowest BCUT2D eigenvalue weighted by Gasteiger charge is -2.28. The summed E-state index contributed by atoms with van der Waals surface area (Å²) in [6.45, 7) is 4.68. The van der Waals surface area contributed by atoms with Gasteiger partial charge >= 0.3 is 0 Å². The molecule has 0 amide bonds. The molecule has 0 radical (unpaired) electrons. The molecule has 0 unspecified atom stereocenters. The lowest BCUT2D eigenvalue weighted by atomic mass is 9.82. The SMILES string of the molecule is CC1(C)c2ccccc2-c2ccc(N(c3ccccc3)c3ccc4ccc5sc(-c6ccccc6)nc5c4c3)cc21. The number of rotatable bonds is 4. The Balaban J connectivity index is 1.31. The lowest BCUT2D eigenvalue weighted by Crippen LogP contribution is -2.16. The van der Waals surface area contributed by atoms with Crippen molar-refractivity contribution in [2.75, 3.05) is 4.90 Å². The standard InChI is InChI=1S/C38H28N2S/c1-38(2)33-16-10-9-15-30(33)31-21-20-29(24-34(31)38)40(27-13-7-4-8-14-27)28-19-17-25-18-22-35-36(32(25)23-28)39-37(41-35)26-11-5-3-6-12-26/h3-24H,1-2H3. The molecule has 1 aromatic heterocycles. The Hall–Kier alpha value is -4.73. The number of benzene rings is 6. The molecule has 7 aromatic rings. The van der Waals surface area contributed by atoms with Gasteiger partial charge in [-0.2, -0.15) is 0 Å². The highest BCUT2D eigenvalue weighted by Crippen LogP contribution is 2.50. The third-order valence-electron chi connectivity index (χ3n) is 8.48. The molecule has 0 atom stereocenters. The zero-order valence-corrected chi connectivity index (χ0v) is 23.8. The van der Waals surface area contributed by atoms with Crippen molar-refractivity contribution in [1.82, 2.24) is 4.98 Å². The molecule has 2 nitrogen and oxygen atoms in total. The molecule has 0 saturated heterocycles. The van der Waals surface area contributed by atoms with E-state index in [1.165, 1.54) is 37.7 Å². The summed E-state index contributed by atoms with van der Waals surface area (Å²) in [5, 5.41) is 3.43. The number of para-hydroxylation sites is 1. The van der Waals surface area contributed by atoms with E-state index in [1.54, 1.807) is 11.3 Å². The van der Waals surface area contributed by atoms with E-state index in [9.17, 15) is 0 Å². The second kappa shape index (κ2) is 9.15. The largest absolute Gasteiger partial charge is 0.310 e. The molecule has 1 aliphatic carbocycles. The number of hydrogen-bond donors (Lipinski definition) is 0. The summed E-state index contributed by atoms with van der Waals surface area (Å²) in [4.78, 5) is 7.52. The maximum absolute atomic E-state index is 5.15. The first kappa shape index (κ1) is 24.1. The van der Waals surface area contributed by atoms with E-state index in [2.05, 4.69) is 152 Å². The summed E-state index contributed by atoms with van der Waals surface area (Å²) in [5.74, 6) is 0. The van der Waals surface area contributed by atoms with Gasteiger partial charge in [0.15, 0.2) is 0 Å². The fourth-order valence-corrected chi connectivity index (χ4v) is 7.38. The van der Waals surface area contributed by atoms with Gasteiger partial charge in [0.25, 0.3) is 0 Å². The molecule has 3 heteroatoms. The Kier molecular flexibility index (Phi) is 5.38. The molecular formula is C38H28N2S. The van der Waals surface area contributed by atoms with Gasteiger partial charge in [-0.05, 0) is 70.1 Å². The van der Waals surface area contributed by atoms with Crippen LogP contribution in [0.4, 0.5) is 17.1 Å². The van der Waals surface area contributed by atoms with E-state index in [4.69, 9.17) is 4.98 Å². The number of aromatic nitrogens is 1. The van der Waals surface area contributed by atoms with Gasteiger partial charge in [-0.3, -0.25) is 0 Å². The van der Waals surface area contributed by atoms with Gasteiger partial charge in [0.05, 0.1) is 10.2 Å². The van der Waals surface area contributed by atoms with Crippen molar-refractivity contribution >= 4 is 49.4 Å². The second-order valence-corrected chi connectivity index (χ2v) is 12.3. The molecule has 0 saturated carbocycles. The van der Waals surface area contributed by atoms with Gasteiger partial charge in [-0.1, -0.05) is 105 Å². The minimum absolute atomic E-state index is 0.0612. The number of hydrogen-bond acceptors (Lipinski definition) is 3. The summed E-state index contributed by atoms with van der Waals surface area (Å²) in [6, 6.07) is 48.1. The molecule has 1 aliphatic rings. The molecular weight excluding hydrogens is 516 g/mol. The second-order valence-electron chi connectivity index (χ2n) is 11.3. The van der Waals surface area contributed by atoms with Crippen LogP contribution in [0.1, 0.15) is 25.0 Å². The van der Waals surface area contributed by atoms with Crippen molar-refractivity contribution in [3.63, 3.8) is 0 Å². The van der Waals surface area contributed by atoms with E-state index in [0.29, 0.717) is 0 Å². The van der Waals surface area contributed by atoms with Crippen molar-refractivity contribution in [3.05, 3.63) is 145 Å². The summed E-state index contributed by atoms with van der Waals surface area (Å²) >= 11 is 1.75. The molecule has 0 bridgehead atoms. The Labute approximate surface area is 244 Å². The van der Waals surface area contributed by atoms with Crippen LogP contribution in [0.15, 0.2) is 133 Å². The first-order valence-electron chi connectivity index (χ1n) is 14.1. The van der Waals surface area contributed by atoms with Crippen LogP contribution in [-0.4, -0.2) is 4.98 Å². The average molecular weight is 545 g/mol. The van der Waals surface area contributed by atoms with E-state index in [0.717, 1.165) is 33.1 Å². The van der Waals surface area contributed by atoms with Crippen LogP contribution in [0.2, 0.25) is 0 Å². The fourth-order valence-electron chi connectivity index (χ4n) is 6.40. The quantitative estimate of drug-likeness (QED) is 0.219. The first-order valence-corrected chi connectivity index (χ1v) is 14.9. The van der Waals surface area contributed by atoms with Crippen LogP contribution < -0.4 is 4.90 Å². The molecule has 0 aliphatic heterocycles. The third kappa shape index (κ3) is 3.81. The fraction of sp³-hybridized carbons (Fsp3) is 0.0789. The molecule has 0 N–H and O–H groups in total. The van der Waals surface area contributed by atoms with Crippen LogP contribution in [0.5, 0.6) is 0 Å².